The highest BCUT2D eigenvalue weighted by Gasteiger charge is 2.46. The van der Waals surface area contributed by atoms with Crippen LogP contribution in [0.1, 0.15) is 57.8 Å². The molecule has 5 aliphatic rings. The van der Waals surface area contributed by atoms with E-state index in [1.54, 1.807) is 0 Å². The van der Waals surface area contributed by atoms with Crippen LogP contribution in [0, 0.1) is 29.6 Å². The highest BCUT2D eigenvalue weighted by molar-refractivity contribution is 5.81. The smallest absolute Gasteiger partial charge is 0.386 e. The number of nitrogens with one attached hydrogen (secondary N) is 2. The molecule has 2 heterocycles. The lowest BCUT2D eigenvalue weighted by Gasteiger charge is -2.45. The van der Waals surface area contributed by atoms with Crippen molar-refractivity contribution < 1.29 is 35.9 Å². The molecule has 3 unspecified atom stereocenters. The predicted molar refractivity (Wildman–Crippen MR) is 119 cm³/mol. The predicted octanol–water partition coefficient (Wildman–Crippen LogP) is 4.74. The molecule has 0 aromatic heterocycles. The molecule has 0 bridgehead atoms. The summed E-state index contributed by atoms with van der Waals surface area (Å²) in [7, 11) is 0. The van der Waals surface area contributed by atoms with Gasteiger partial charge in [0.05, 0.1) is 30.6 Å². The largest absolute Gasteiger partial charge is 0.401 e. The molecular weight excluding hydrogens is 488 g/mol. The Hall–Kier alpha value is -1.49. The maximum absolute atomic E-state index is 12.9. The molecule has 0 aromatic carbocycles. The molecule has 4 fully saturated rings. The van der Waals surface area contributed by atoms with Gasteiger partial charge in [-0.1, -0.05) is 0 Å². The average Bonchev–Trinajstić information content (AvgIpc) is 3.13. The Bertz CT molecular complexity index is 827. The van der Waals surface area contributed by atoms with E-state index in [1.165, 1.54) is 4.90 Å². The maximum Gasteiger partial charge on any atom is 0.401 e. The number of halogens is 6. The summed E-state index contributed by atoms with van der Waals surface area (Å²) in [6, 6.07) is 0.223. The van der Waals surface area contributed by atoms with Gasteiger partial charge in [0, 0.05) is 36.9 Å². The fourth-order valence-corrected chi connectivity index (χ4v) is 6.89. The maximum atomic E-state index is 12.9. The van der Waals surface area contributed by atoms with E-state index < -0.39 is 30.7 Å². The van der Waals surface area contributed by atoms with Crippen molar-refractivity contribution in [3.05, 3.63) is 11.9 Å². The van der Waals surface area contributed by atoms with Gasteiger partial charge in [-0.15, -0.1) is 0 Å². The molecule has 2 N–H and O–H groups in total. The van der Waals surface area contributed by atoms with Crippen molar-refractivity contribution in [1.29, 1.82) is 0 Å². The number of ether oxygens (including phenoxy) is 1. The quantitative estimate of drug-likeness (QED) is 0.494. The zero-order valence-electron chi connectivity index (χ0n) is 20.2. The van der Waals surface area contributed by atoms with Crippen molar-refractivity contribution in [2.45, 2.75) is 88.4 Å². The van der Waals surface area contributed by atoms with Gasteiger partial charge in [0.2, 0.25) is 5.91 Å². The van der Waals surface area contributed by atoms with Crippen molar-refractivity contribution in [3.8, 4) is 0 Å². The molecule has 11 heteroatoms. The van der Waals surface area contributed by atoms with Crippen molar-refractivity contribution >= 4 is 5.91 Å². The number of amides is 1. The van der Waals surface area contributed by atoms with Crippen LogP contribution in [0.4, 0.5) is 26.3 Å². The first-order chi connectivity index (χ1) is 16.9. The minimum Gasteiger partial charge on any atom is -0.386 e. The van der Waals surface area contributed by atoms with Crippen molar-refractivity contribution in [2.75, 3.05) is 19.6 Å². The summed E-state index contributed by atoms with van der Waals surface area (Å²) in [5, 5.41) is 6.27. The fourth-order valence-electron chi connectivity index (χ4n) is 6.89. The van der Waals surface area contributed by atoms with Gasteiger partial charge >= 0.3 is 12.4 Å². The Morgan fingerprint density at radius 3 is 2.28 bits per heavy atom. The van der Waals surface area contributed by atoms with Crippen LogP contribution in [0.25, 0.3) is 0 Å². The van der Waals surface area contributed by atoms with E-state index in [9.17, 15) is 31.1 Å². The fraction of sp³-hybridized carbons (Fsp3) is 0.880. The molecule has 5 nitrogen and oxygen atoms in total. The number of carbonyl (C=O) groups is 1. The minimum atomic E-state index is -4.25. The lowest BCUT2D eigenvalue weighted by atomic mass is 9.67. The molecule has 1 saturated heterocycles. The van der Waals surface area contributed by atoms with Crippen LogP contribution in [0.5, 0.6) is 0 Å². The number of hydrogen-bond acceptors (Lipinski definition) is 4. The highest BCUT2D eigenvalue weighted by Crippen LogP contribution is 2.48. The Kier molecular flexibility index (Phi) is 7.26. The number of nitrogens with zero attached hydrogens (tertiary/aromatic N) is 1. The molecule has 0 radical (unpaired) electrons. The lowest BCUT2D eigenvalue weighted by Crippen LogP contribution is -2.56. The van der Waals surface area contributed by atoms with E-state index in [-0.39, 0.29) is 56.0 Å². The molecule has 204 valence electrons. The van der Waals surface area contributed by atoms with Gasteiger partial charge in [-0.25, -0.2) is 0 Å². The van der Waals surface area contributed by atoms with Crippen LogP contribution in [-0.4, -0.2) is 61.0 Å². The van der Waals surface area contributed by atoms with Crippen LogP contribution < -0.4 is 10.6 Å². The second-order valence-corrected chi connectivity index (χ2v) is 11.6. The number of carbonyl (C=O) groups excluding carboxylic acids is 1. The summed E-state index contributed by atoms with van der Waals surface area (Å²) in [5.74, 6) is -0.855. The van der Waals surface area contributed by atoms with Gasteiger partial charge < -0.3 is 15.4 Å². The summed E-state index contributed by atoms with van der Waals surface area (Å²) in [6.45, 7) is -0.749. The van der Waals surface area contributed by atoms with Gasteiger partial charge in [-0.3, -0.25) is 9.69 Å². The number of fused-ring (bicyclic) bond motifs is 1. The summed E-state index contributed by atoms with van der Waals surface area (Å²) in [5.41, 5.74) is 0.792. The van der Waals surface area contributed by atoms with Crippen molar-refractivity contribution in [2.24, 2.45) is 29.6 Å². The zero-order valence-corrected chi connectivity index (χ0v) is 20.2. The Morgan fingerprint density at radius 1 is 0.944 bits per heavy atom. The van der Waals surface area contributed by atoms with Gasteiger partial charge in [0.15, 0.2) is 0 Å². The van der Waals surface area contributed by atoms with Crippen LogP contribution >= 0.6 is 0 Å². The van der Waals surface area contributed by atoms with Gasteiger partial charge in [0.1, 0.15) is 0 Å². The van der Waals surface area contributed by atoms with Crippen LogP contribution in [-0.2, 0) is 9.53 Å². The van der Waals surface area contributed by atoms with E-state index in [2.05, 4.69) is 10.6 Å². The van der Waals surface area contributed by atoms with Gasteiger partial charge in [0.25, 0.3) is 0 Å². The summed E-state index contributed by atoms with van der Waals surface area (Å²) in [4.78, 5) is 13.8. The Morgan fingerprint density at radius 2 is 1.64 bits per heavy atom. The van der Waals surface area contributed by atoms with Gasteiger partial charge in [-0.05, 0) is 69.6 Å². The molecular formula is C25H35F6N3O2. The monoisotopic (exact) mass is 523 g/mol. The minimum absolute atomic E-state index is 0.0735. The Labute approximate surface area is 207 Å². The van der Waals surface area contributed by atoms with E-state index >= 15 is 0 Å². The van der Waals surface area contributed by atoms with Crippen LogP contribution in [0.2, 0.25) is 0 Å². The highest BCUT2D eigenvalue weighted by atomic mass is 19.4. The topological polar surface area (TPSA) is 53.6 Å². The number of hydrogen-bond donors (Lipinski definition) is 2. The molecule has 5 rings (SSSR count). The van der Waals surface area contributed by atoms with Crippen LogP contribution in [0.15, 0.2) is 11.9 Å². The zero-order chi connectivity index (χ0) is 25.7. The van der Waals surface area contributed by atoms with E-state index in [0.717, 1.165) is 37.8 Å². The van der Waals surface area contributed by atoms with E-state index in [4.69, 9.17) is 4.74 Å². The number of rotatable bonds is 6. The van der Waals surface area contributed by atoms with Gasteiger partial charge in [-0.2, -0.15) is 26.3 Å². The molecule has 3 saturated carbocycles. The molecule has 0 aromatic rings. The standard InChI is InChI=1S/C25H35F6N3O2/c26-24(27,28)13-34-11-16(12-34)23(35)33-22-10-32-21-6-5-18(9-20(21)22)36-19-7-15(8-19)14-1-3-17(4-2-14)25(29,30)31/h10,14-21,32H,1-9,11-13H2,(H,33,35)/t14?,15-,17?,18?,19+,20?,21?. The average molecular weight is 524 g/mol. The molecule has 3 atom stereocenters. The second-order valence-electron chi connectivity index (χ2n) is 11.6. The SMILES string of the molecule is O=C(NC1=CNC2CCC(O[C@H]3C[C@@H](C4CCC(C(F)(F)F)CC4)C3)CC12)C1CN(CC(F)(F)F)C1. The molecule has 3 aliphatic carbocycles. The number of alkyl halides is 6. The van der Waals surface area contributed by atoms with E-state index in [1.807, 2.05) is 6.20 Å². The third-order valence-corrected chi connectivity index (χ3v) is 9.07. The van der Waals surface area contributed by atoms with Crippen molar-refractivity contribution in [3.63, 3.8) is 0 Å². The normalized spacial score (nSPS) is 37.8. The first-order valence-corrected chi connectivity index (χ1v) is 13.2. The molecule has 2 aliphatic heterocycles. The third-order valence-electron chi connectivity index (χ3n) is 9.07. The first-order valence-electron chi connectivity index (χ1n) is 13.2. The number of likely N-dealkylation sites (tertiary alicyclic amines) is 1. The second kappa shape index (κ2) is 10.0. The summed E-state index contributed by atoms with van der Waals surface area (Å²) >= 11 is 0. The summed E-state index contributed by atoms with van der Waals surface area (Å²) < 4.78 is 82.6. The third kappa shape index (κ3) is 5.97. The van der Waals surface area contributed by atoms with Crippen molar-refractivity contribution in [1.82, 2.24) is 15.5 Å². The molecule has 36 heavy (non-hydrogen) atoms. The first kappa shape index (κ1) is 26.1. The van der Waals surface area contributed by atoms with Crippen LogP contribution in [0.3, 0.4) is 0 Å². The van der Waals surface area contributed by atoms with E-state index in [0.29, 0.717) is 24.7 Å². The molecule has 0 spiro atoms. The summed E-state index contributed by atoms with van der Waals surface area (Å²) in [6.07, 6.45) is -0.0435. The lowest BCUT2D eigenvalue weighted by molar-refractivity contribution is -0.187. The Balaban J connectivity index is 1.02. The molecule has 1 amide bonds.